The molecule has 2 aromatic rings. The third kappa shape index (κ3) is 3.71. The molecule has 0 aliphatic carbocycles. The van der Waals surface area contributed by atoms with Crippen LogP contribution in [0, 0.1) is 0 Å². The van der Waals surface area contributed by atoms with Crippen molar-refractivity contribution in [1.82, 2.24) is 0 Å². The minimum absolute atomic E-state index is 0.390. The van der Waals surface area contributed by atoms with Crippen molar-refractivity contribution >= 4 is 17.2 Å². The number of hydrogen-bond donors (Lipinski definition) is 1. The molecule has 104 valence electrons. The van der Waals surface area contributed by atoms with Crippen molar-refractivity contribution in [1.29, 1.82) is 0 Å². The minimum Gasteiger partial charge on any atom is -0.490 e. The van der Waals surface area contributed by atoms with E-state index in [4.69, 9.17) is 27.4 Å². The van der Waals surface area contributed by atoms with Gasteiger partial charge in [-0.15, -0.1) is 0 Å². The summed E-state index contributed by atoms with van der Waals surface area (Å²) in [7, 11) is 0. The van der Waals surface area contributed by atoms with Gasteiger partial charge in [0.2, 0.25) is 0 Å². The molecule has 2 rings (SSSR count). The molecule has 2 aromatic carbocycles. The molecule has 0 saturated carbocycles. The Bertz CT molecular complexity index is 599. The van der Waals surface area contributed by atoms with Gasteiger partial charge in [0.25, 0.3) is 0 Å². The summed E-state index contributed by atoms with van der Waals surface area (Å²) in [5.74, 6) is 1.48. The van der Waals surface area contributed by atoms with E-state index in [0.717, 1.165) is 22.6 Å². The van der Waals surface area contributed by atoms with Crippen LogP contribution in [0.1, 0.15) is 18.1 Å². The molecule has 4 heteroatoms. The van der Waals surface area contributed by atoms with Crippen LogP contribution < -0.4 is 15.2 Å². The SMILES string of the molecule is CCOc1ccccc1OCc1cccc(C(N)=S)c1. The fourth-order valence-electron chi connectivity index (χ4n) is 1.82. The van der Waals surface area contributed by atoms with Crippen LogP contribution in [0.3, 0.4) is 0 Å². The van der Waals surface area contributed by atoms with Crippen LogP contribution in [0.4, 0.5) is 0 Å². The van der Waals surface area contributed by atoms with Gasteiger partial charge in [0, 0.05) is 5.56 Å². The smallest absolute Gasteiger partial charge is 0.161 e. The van der Waals surface area contributed by atoms with Crippen LogP contribution in [-0.4, -0.2) is 11.6 Å². The monoisotopic (exact) mass is 287 g/mol. The Labute approximate surface area is 124 Å². The fourth-order valence-corrected chi connectivity index (χ4v) is 1.95. The maximum absolute atomic E-state index is 5.80. The van der Waals surface area contributed by atoms with E-state index >= 15 is 0 Å². The van der Waals surface area contributed by atoms with Gasteiger partial charge in [0.05, 0.1) is 6.61 Å². The zero-order valence-electron chi connectivity index (χ0n) is 11.3. The fraction of sp³-hybridized carbons (Fsp3) is 0.188. The topological polar surface area (TPSA) is 44.5 Å². The molecule has 0 atom stereocenters. The van der Waals surface area contributed by atoms with E-state index in [-0.39, 0.29) is 0 Å². The average Bonchev–Trinajstić information content (AvgIpc) is 2.47. The van der Waals surface area contributed by atoms with Crippen LogP contribution in [0.5, 0.6) is 11.5 Å². The van der Waals surface area contributed by atoms with Gasteiger partial charge >= 0.3 is 0 Å². The van der Waals surface area contributed by atoms with E-state index in [2.05, 4.69) is 0 Å². The van der Waals surface area contributed by atoms with Crippen molar-refractivity contribution in [2.24, 2.45) is 5.73 Å². The van der Waals surface area contributed by atoms with E-state index in [1.807, 2.05) is 55.5 Å². The molecular weight excluding hydrogens is 270 g/mol. The lowest BCUT2D eigenvalue weighted by molar-refractivity contribution is 0.269. The van der Waals surface area contributed by atoms with Gasteiger partial charge in [-0.1, -0.05) is 42.5 Å². The van der Waals surface area contributed by atoms with Crippen molar-refractivity contribution in [3.63, 3.8) is 0 Å². The van der Waals surface area contributed by atoms with Crippen molar-refractivity contribution in [3.05, 3.63) is 59.7 Å². The molecule has 0 amide bonds. The molecule has 20 heavy (non-hydrogen) atoms. The second-order valence-corrected chi connectivity index (χ2v) is 4.67. The van der Waals surface area contributed by atoms with Crippen LogP contribution >= 0.6 is 12.2 Å². The number of benzene rings is 2. The van der Waals surface area contributed by atoms with Gasteiger partial charge in [-0.05, 0) is 30.7 Å². The Morgan fingerprint density at radius 2 is 1.75 bits per heavy atom. The summed E-state index contributed by atoms with van der Waals surface area (Å²) >= 11 is 4.97. The van der Waals surface area contributed by atoms with Crippen molar-refractivity contribution in [2.45, 2.75) is 13.5 Å². The maximum Gasteiger partial charge on any atom is 0.161 e. The van der Waals surface area contributed by atoms with Gasteiger partial charge in [-0.25, -0.2) is 0 Å². The molecule has 3 nitrogen and oxygen atoms in total. The third-order valence-electron chi connectivity index (χ3n) is 2.75. The van der Waals surface area contributed by atoms with Crippen molar-refractivity contribution < 1.29 is 9.47 Å². The lowest BCUT2D eigenvalue weighted by Gasteiger charge is -2.12. The largest absolute Gasteiger partial charge is 0.490 e. The molecule has 0 spiro atoms. The summed E-state index contributed by atoms with van der Waals surface area (Å²) in [5.41, 5.74) is 7.49. The number of rotatable bonds is 6. The number of ether oxygens (including phenoxy) is 2. The Morgan fingerprint density at radius 1 is 1.05 bits per heavy atom. The molecule has 0 radical (unpaired) electrons. The van der Waals surface area contributed by atoms with Gasteiger partial charge in [0.15, 0.2) is 11.5 Å². The quantitative estimate of drug-likeness (QED) is 0.828. The third-order valence-corrected chi connectivity index (χ3v) is 2.99. The highest BCUT2D eigenvalue weighted by Gasteiger charge is 2.04. The molecule has 0 unspecified atom stereocenters. The van der Waals surface area contributed by atoms with Crippen LogP contribution in [0.15, 0.2) is 48.5 Å². The first kappa shape index (κ1) is 14.3. The predicted molar refractivity (Wildman–Crippen MR) is 84.3 cm³/mol. The van der Waals surface area contributed by atoms with Gasteiger partial charge in [0.1, 0.15) is 11.6 Å². The molecule has 0 aliphatic rings. The summed E-state index contributed by atoms with van der Waals surface area (Å²) in [4.78, 5) is 0.390. The molecule has 0 heterocycles. The summed E-state index contributed by atoms with van der Waals surface area (Å²) < 4.78 is 11.3. The molecule has 0 fully saturated rings. The average molecular weight is 287 g/mol. The van der Waals surface area contributed by atoms with Crippen LogP contribution in [-0.2, 0) is 6.61 Å². The van der Waals surface area contributed by atoms with E-state index < -0.39 is 0 Å². The Hall–Kier alpha value is -2.07. The molecular formula is C16H17NO2S. The number of para-hydroxylation sites is 2. The number of hydrogen-bond acceptors (Lipinski definition) is 3. The van der Waals surface area contributed by atoms with Crippen LogP contribution in [0.25, 0.3) is 0 Å². The summed E-state index contributed by atoms with van der Waals surface area (Å²) in [6.07, 6.45) is 0. The second-order valence-electron chi connectivity index (χ2n) is 4.23. The highest BCUT2D eigenvalue weighted by molar-refractivity contribution is 7.80. The van der Waals surface area contributed by atoms with Crippen molar-refractivity contribution in [3.8, 4) is 11.5 Å². The Kier molecular flexibility index (Phi) is 4.96. The standard InChI is InChI=1S/C16H17NO2S/c1-2-18-14-8-3-4-9-15(14)19-11-12-6-5-7-13(10-12)16(17)20/h3-10H,2,11H2,1H3,(H2,17,20). The lowest BCUT2D eigenvalue weighted by Crippen LogP contribution is -2.09. The number of thiocarbonyl (C=S) groups is 1. The van der Waals surface area contributed by atoms with Crippen molar-refractivity contribution in [2.75, 3.05) is 6.61 Å². The number of nitrogens with two attached hydrogens (primary N) is 1. The zero-order valence-corrected chi connectivity index (χ0v) is 12.2. The maximum atomic E-state index is 5.80. The molecule has 0 aliphatic heterocycles. The van der Waals surface area contributed by atoms with Crippen LogP contribution in [0.2, 0.25) is 0 Å². The first-order valence-corrected chi connectivity index (χ1v) is 6.85. The summed E-state index contributed by atoms with van der Waals surface area (Å²) in [6.45, 7) is 3.00. The molecule has 0 saturated heterocycles. The first-order chi connectivity index (χ1) is 9.70. The van der Waals surface area contributed by atoms with Gasteiger partial charge < -0.3 is 15.2 Å². The second kappa shape index (κ2) is 6.91. The highest BCUT2D eigenvalue weighted by atomic mass is 32.1. The molecule has 2 N–H and O–H groups in total. The van der Waals surface area contributed by atoms with E-state index in [0.29, 0.717) is 18.2 Å². The predicted octanol–water partition coefficient (Wildman–Crippen LogP) is 3.30. The Morgan fingerprint density at radius 3 is 2.40 bits per heavy atom. The first-order valence-electron chi connectivity index (χ1n) is 6.44. The van der Waals surface area contributed by atoms with E-state index in [1.165, 1.54) is 0 Å². The van der Waals surface area contributed by atoms with Gasteiger partial charge in [-0.2, -0.15) is 0 Å². The summed E-state index contributed by atoms with van der Waals surface area (Å²) in [6, 6.07) is 15.3. The van der Waals surface area contributed by atoms with E-state index in [9.17, 15) is 0 Å². The minimum atomic E-state index is 0.390. The van der Waals surface area contributed by atoms with E-state index in [1.54, 1.807) is 0 Å². The lowest BCUT2D eigenvalue weighted by atomic mass is 10.1. The highest BCUT2D eigenvalue weighted by Crippen LogP contribution is 2.27. The summed E-state index contributed by atoms with van der Waals surface area (Å²) in [5, 5.41) is 0. The normalized spacial score (nSPS) is 10.1. The van der Waals surface area contributed by atoms with Gasteiger partial charge in [-0.3, -0.25) is 0 Å². The molecule has 0 aromatic heterocycles. The zero-order chi connectivity index (χ0) is 14.4. The molecule has 0 bridgehead atoms. The Balaban J connectivity index is 2.09.